The smallest absolute Gasteiger partial charge is 0.133 e. The standard InChI is InChI=1S/C11H12N2O/c12-6-8-4-9-7(5-11(8)14)2-1-3-10(9)13/h4-5,10,14H,1-3,13H2/t10-/m1/s1. The predicted molar refractivity (Wildman–Crippen MR) is 52.7 cm³/mol. The molecule has 0 fully saturated rings. The zero-order valence-corrected chi connectivity index (χ0v) is 7.83. The highest BCUT2D eigenvalue weighted by Gasteiger charge is 2.18. The Morgan fingerprint density at radius 2 is 2.29 bits per heavy atom. The maximum atomic E-state index is 9.49. The van der Waals surface area contributed by atoms with E-state index in [0.717, 1.165) is 30.4 Å². The van der Waals surface area contributed by atoms with Gasteiger partial charge in [0.1, 0.15) is 11.8 Å². The van der Waals surface area contributed by atoms with E-state index in [1.807, 2.05) is 6.07 Å². The van der Waals surface area contributed by atoms with Crippen molar-refractivity contribution in [1.82, 2.24) is 0 Å². The van der Waals surface area contributed by atoms with Gasteiger partial charge in [-0.25, -0.2) is 0 Å². The van der Waals surface area contributed by atoms with Gasteiger partial charge in [-0.2, -0.15) is 5.26 Å². The van der Waals surface area contributed by atoms with Gasteiger partial charge >= 0.3 is 0 Å². The van der Waals surface area contributed by atoms with Crippen molar-refractivity contribution in [1.29, 1.82) is 5.26 Å². The lowest BCUT2D eigenvalue weighted by molar-refractivity contribution is 0.469. The minimum Gasteiger partial charge on any atom is -0.507 e. The van der Waals surface area contributed by atoms with E-state index in [0.29, 0.717) is 5.56 Å². The van der Waals surface area contributed by atoms with Crippen molar-refractivity contribution in [3.8, 4) is 11.8 Å². The molecule has 0 amide bonds. The number of phenolic OH excluding ortho intramolecular Hbond substituents is 1. The molecule has 72 valence electrons. The van der Waals surface area contributed by atoms with Crippen LogP contribution in [0.3, 0.4) is 0 Å². The fourth-order valence-corrected chi connectivity index (χ4v) is 1.97. The van der Waals surface area contributed by atoms with Crippen LogP contribution in [-0.2, 0) is 6.42 Å². The number of fused-ring (bicyclic) bond motifs is 1. The molecule has 0 radical (unpaired) electrons. The molecule has 3 nitrogen and oxygen atoms in total. The Balaban J connectivity index is 2.56. The predicted octanol–water partition coefficient (Wildman–Crippen LogP) is 1.60. The first-order valence-electron chi connectivity index (χ1n) is 4.74. The van der Waals surface area contributed by atoms with Crippen LogP contribution in [0.25, 0.3) is 0 Å². The molecular formula is C11H12N2O. The number of hydrogen-bond donors (Lipinski definition) is 2. The van der Waals surface area contributed by atoms with Crippen LogP contribution in [-0.4, -0.2) is 5.11 Å². The minimum atomic E-state index is 0.0199. The van der Waals surface area contributed by atoms with Crippen molar-refractivity contribution < 1.29 is 5.11 Å². The molecule has 1 aliphatic rings. The van der Waals surface area contributed by atoms with E-state index < -0.39 is 0 Å². The fraction of sp³-hybridized carbons (Fsp3) is 0.364. The first-order valence-corrected chi connectivity index (χ1v) is 4.74. The summed E-state index contributed by atoms with van der Waals surface area (Å²) < 4.78 is 0. The molecule has 1 aromatic carbocycles. The Hall–Kier alpha value is -1.53. The number of nitrogens with two attached hydrogens (primary N) is 1. The first-order chi connectivity index (χ1) is 6.72. The van der Waals surface area contributed by atoms with Crippen molar-refractivity contribution in [2.24, 2.45) is 5.73 Å². The van der Waals surface area contributed by atoms with Gasteiger partial charge in [0.15, 0.2) is 0 Å². The van der Waals surface area contributed by atoms with Crippen molar-refractivity contribution in [3.63, 3.8) is 0 Å². The third-order valence-electron chi connectivity index (χ3n) is 2.74. The summed E-state index contributed by atoms with van der Waals surface area (Å²) in [7, 11) is 0. The van der Waals surface area contributed by atoms with Gasteiger partial charge in [-0.05, 0) is 42.5 Å². The van der Waals surface area contributed by atoms with Crippen LogP contribution in [0.4, 0.5) is 0 Å². The molecule has 0 heterocycles. The average Bonchev–Trinajstić information content (AvgIpc) is 2.17. The third kappa shape index (κ3) is 1.34. The Morgan fingerprint density at radius 1 is 1.50 bits per heavy atom. The van der Waals surface area contributed by atoms with Crippen molar-refractivity contribution in [2.45, 2.75) is 25.3 Å². The lowest BCUT2D eigenvalue weighted by Crippen LogP contribution is -2.17. The highest BCUT2D eigenvalue weighted by atomic mass is 16.3. The maximum absolute atomic E-state index is 9.49. The SMILES string of the molecule is N#Cc1cc2c(cc1O)CCC[C@H]2N. The normalized spacial score (nSPS) is 19.9. The molecule has 2 rings (SSSR count). The summed E-state index contributed by atoms with van der Waals surface area (Å²) in [6, 6.07) is 5.37. The number of benzene rings is 1. The van der Waals surface area contributed by atoms with E-state index in [4.69, 9.17) is 11.0 Å². The van der Waals surface area contributed by atoms with Gasteiger partial charge in [-0.15, -0.1) is 0 Å². The van der Waals surface area contributed by atoms with Crippen LogP contribution < -0.4 is 5.73 Å². The van der Waals surface area contributed by atoms with Crippen LogP contribution in [0, 0.1) is 11.3 Å². The van der Waals surface area contributed by atoms with E-state index in [-0.39, 0.29) is 11.8 Å². The number of hydrogen-bond acceptors (Lipinski definition) is 3. The Kier molecular flexibility index (Phi) is 2.14. The molecule has 0 spiro atoms. The van der Waals surface area contributed by atoms with E-state index >= 15 is 0 Å². The van der Waals surface area contributed by atoms with Gasteiger partial charge in [0.25, 0.3) is 0 Å². The average molecular weight is 188 g/mol. The van der Waals surface area contributed by atoms with E-state index in [1.54, 1.807) is 12.1 Å². The molecule has 0 saturated heterocycles. The van der Waals surface area contributed by atoms with Crippen LogP contribution in [0.5, 0.6) is 5.75 Å². The molecular weight excluding hydrogens is 176 g/mol. The van der Waals surface area contributed by atoms with Crippen molar-refractivity contribution in [3.05, 3.63) is 28.8 Å². The number of aromatic hydroxyl groups is 1. The largest absolute Gasteiger partial charge is 0.507 e. The topological polar surface area (TPSA) is 70.0 Å². The van der Waals surface area contributed by atoms with Gasteiger partial charge in [-0.3, -0.25) is 0 Å². The fourth-order valence-electron chi connectivity index (χ4n) is 1.97. The molecule has 0 aliphatic heterocycles. The molecule has 0 saturated carbocycles. The van der Waals surface area contributed by atoms with E-state index in [1.165, 1.54) is 0 Å². The summed E-state index contributed by atoms with van der Waals surface area (Å²) in [5.41, 5.74) is 8.35. The highest BCUT2D eigenvalue weighted by molar-refractivity contribution is 5.49. The highest BCUT2D eigenvalue weighted by Crippen LogP contribution is 2.32. The minimum absolute atomic E-state index is 0.0199. The molecule has 1 aliphatic carbocycles. The quantitative estimate of drug-likeness (QED) is 0.649. The second-order valence-corrected chi connectivity index (χ2v) is 3.68. The summed E-state index contributed by atoms with van der Waals surface area (Å²) in [6.45, 7) is 0. The third-order valence-corrected chi connectivity index (χ3v) is 2.74. The lowest BCUT2D eigenvalue weighted by atomic mass is 9.87. The molecule has 0 aromatic heterocycles. The Morgan fingerprint density at radius 3 is 3.00 bits per heavy atom. The molecule has 1 aromatic rings. The maximum Gasteiger partial charge on any atom is 0.133 e. The van der Waals surface area contributed by atoms with Gasteiger partial charge < -0.3 is 10.8 Å². The molecule has 0 bridgehead atoms. The van der Waals surface area contributed by atoms with Crippen LogP contribution in [0.1, 0.15) is 35.6 Å². The van der Waals surface area contributed by atoms with E-state index in [2.05, 4.69) is 0 Å². The first kappa shape index (κ1) is 9.04. The Labute approximate surface area is 82.8 Å². The van der Waals surface area contributed by atoms with Gasteiger partial charge in [0.2, 0.25) is 0 Å². The molecule has 3 N–H and O–H groups in total. The van der Waals surface area contributed by atoms with Crippen LogP contribution in [0.15, 0.2) is 12.1 Å². The zero-order chi connectivity index (χ0) is 10.1. The second kappa shape index (κ2) is 3.32. The monoisotopic (exact) mass is 188 g/mol. The summed E-state index contributed by atoms with van der Waals surface area (Å²) in [6.07, 6.45) is 2.96. The summed E-state index contributed by atoms with van der Waals surface area (Å²) in [4.78, 5) is 0. The Bertz CT molecular complexity index is 406. The van der Waals surface area contributed by atoms with Gasteiger partial charge in [0.05, 0.1) is 5.56 Å². The number of aryl methyl sites for hydroxylation is 1. The molecule has 1 atom stereocenters. The van der Waals surface area contributed by atoms with Crippen LogP contribution >= 0.6 is 0 Å². The molecule has 3 heteroatoms. The van der Waals surface area contributed by atoms with Crippen LogP contribution in [0.2, 0.25) is 0 Å². The summed E-state index contributed by atoms with van der Waals surface area (Å²) >= 11 is 0. The summed E-state index contributed by atoms with van der Waals surface area (Å²) in [5, 5.41) is 18.2. The van der Waals surface area contributed by atoms with Gasteiger partial charge in [0, 0.05) is 6.04 Å². The second-order valence-electron chi connectivity index (χ2n) is 3.68. The van der Waals surface area contributed by atoms with Crippen molar-refractivity contribution in [2.75, 3.05) is 0 Å². The number of nitriles is 1. The summed E-state index contributed by atoms with van der Waals surface area (Å²) in [5.74, 6) is 0.0698. The number of nitrogens with zero attached hydrogens (tertiary/aromatic N) is 1. The van der Waals surface area contributed by atoms with Crippen molar-refractivity contribution >= 4 is 0 Å². The molecule has 14 heavy (non-hydrogen) atoms. The lowest BCUT2D eigenvalue weighted by Gasteiger charge is -2.22. The van der Waals surface area contributed by atoms with E-state index in [9.17, 15) is 5.11 Å². The molecule has 0 unspecified atom stereocenters. The van der Waals surface area contributed by atoms with Gasteiger partial charge in [-0.1, -0.05) is 0 Å². The number of phenols is 1. The number of rotatable bonds is 0. The zero-order valence-electron chi connectivity index (χ0n) is 7.83.